The van der Waals surface area contributed by atoms with E-state index in [2.05, 4.69) is 5.32 Å². The standard InChI is InChI=1S/C10H11F3N2OS/c11-6-1-2-8(17-5-9(12)13)7(3-6)15-10(16)4-14/h1-3,9H,4-5,14H2,(H,15,16). The summed E-state index contributed by atoms with van der Waals surface area (Å²) in [7, 11) is 0. The Bertz CT molecular complexity index is 401. The van der Waals surface area contributed by atoms with Gasteiger partial charge in [-0.25, -0.2) is 13.2 Å². The Balaban J connectivity index is 2.83. The molecule has 0 atom stereocenters. The molecular formula is C10H11F3N2OS. The average molecular weight is 264 g/mol. The summed E-state index contributed by atoms with van der Waals surface area (Å²) in [5.74, 6) is -1.48. The number of thioether (sulfide) groups is 1. The molecule has 1 rings (SSSR count). The molecule has 0 unspecified atom stereocenters. The van der Waals surface area contributed by atoms with Crippen molar-refractivity contribution in [1.82, 2.24) is 0 Å². The minimum absolute atomic E-state index is 0.158. The van der Waals surface area contributed by atoms with E-state index in [1.165, 1.54) is 6.07 Å². The maximum absolute atomic E-state index is 13.0. The Labute approximate surface area is 101 Å². The fourth-order valence-electron chi connectivity index (χ4n) is 1.08. The first-order chi connectivity index (χ1) is 8.02. The number of hydrogen-bond donors (Lipinski definition) is 2. The van der Waals surface area contributed by atoms with Crippen molar-refractivity contribution >= 4 is 23.4 Å². The summed E-state index contributed by atoms with van der Waals surface area (Å²) in [5, 5.41) is 2.36. The fraction of sp³-hybridized carbons (Fsp3) is 0.300. The van der Waals surface area contributed by atoms with E-state index < -0.39 is 23.9 Å². The second-order valence-corrected chi connectivity index (χ2v) is 4.16. The lowest BCUT2D eigenvalue weighted by atomic mass is 10.3. The van der Waals surface area contributed by atoms with Gasteiger partial charge in [-0.1, -0.05) is 0 Å². The quantitative estimate of drug-likeness (QED) is 0.801. The number of amides is 1. The number of anilines is 1. The first kappa shape index (κ1) is 13.9. The molecule has 0 heterocycles. The van der Waals surface area contributed by atoms with Gasteiger partial charge in [-0.2, -0.15) is 0 Å². The van der Waals surface area contributed by atoms with Crippen molar-refractivity contribution < 1.29 is 18.0 Å². The maximum atomic E-state index is 13.0. The summed E-state index contributed by atoms with van der Waals surface area (Å²) in [6.45, 7) is -0.254. The van der Waals surface area contributed by atoms with Crippen molar-refractivity contribution in [3.63, 3.8) is 0 Å². The lowest BCUT2D eigenvalue weighted by Crippen LogP contribution is -2.22. The summed E-state index contributed by atoms with van der Waals surface area (Å²) in [4.78, 5) is 11.4. The molecule has 17 heavy (non-hydrogen) atoms. The number of nitrogens with one attached hydrogen (secondary N) is 1. The number of benzene rings is 1. The SMILES string of the molecule is NCC(=O)Nc1cc(F)ccc1SCC(F)F. The zero-order valence-corrected chi connectivity index (χ0v) is 9.57. The van der Waals surface area contributed by atoms with E-state index in [1.807, 2.05) is 0 Å². The molecule has 0 spiro atoms. The zero-order chi connectivity index (χ0) is 12.8. The molecule has 94 valence electrons. The predicted octanol–water partition coefficient (Wildman–Crippen LogP) is 2.08. The highest BCUT2D eigenvalue weighted by molar-refractivity contribution is 7.99. The molecule has 0 saturated heterocycles. The van der Waals surface area contributed by atoms with Crippen LogP contribution in [0.2, 0.25) is 0 Å². The Kier molecular flexibility index (Phi) is 5.30. The first-order valence-electron chi connectivity index (χ1n) is 4.73. The minimum atomic E-state index is -2.47. The molecular weight excluding hydrogens is 253 g/mol. The van der Waals surface area contributed by atoms with Gasteiger partial charge in [-0.3, -0.25) is 4.79 Å². The average Bonchev–Trinajstić information content (AvgIpc) is 2.27. The fourth-order valence-corrected chi connectivity index (χ4v) is 1.82. The highest BCUT2D eigenvalue weighted by Gasteiger charge is 2.10. The monoisotopic (exact) mass is 264 g/mol. The lowest BCUT2D eigenvalue weighted by molar-refractivity contribution is -0.114. The van der Waals surface area contributed by atoms with Gasteiger partial charge in [0.15, 0.2) is 0 Å². The predicted molar refractivity (Wildman–Crippen MR) is 60.8 cm³/mol. The molecule has 0 saturated carbocycles. The second kappa shape index (κ2) is 6.51. The van der Waals surface area contributed by atoms with E-state index in [4.69, 9.17) is 5.73 Å². The van der Waals surface area contributed by atoms with Crippen LogP contribution < -0.4 is 11.1 Å². The number of alkyl halides is 2. The number of halogens is 3. The summed E-state index contributed by atoms with van der Waals surface area (Å²) >= 11 is 0.844. The van der Waals surface area contributed by atoms with Gasteiger partial charge in [0.1, 0.15) is 5.82 Å². The van der Waals surface area contributed by atoms with E-state index >= 15 is 0 Å². The summed E-state index contributed by atoms with van der Waals surface area (Å²) in [6.07, 6.45) is -2.47. The van der Waals surface area contributed by atoms with Crippen molar-refractivity contribution in [3.8, 4) is 0 Å². The third-order valence-corrected chi connectivity index (χ3v) is 2.85. The van der Waals surface area contributed by atoms with Gasteiger partial charge in [-0.15, -0.1) is 11.8 Å². The molecule has 0 fully saturated rings. The van der Waals surface area contributed by atoms with Crippen LogP contribution in [0.5, 0.6) is 0 Å². The van der Waals surface area contributed by atoms with Crippen LogP contribution in [-0.4, -0.2) is 24.6 Å². The smallest absolute Gasteiger partial charge is 0.247 e. The molecule has 1 aromatic rings. The van der Waals surface area contributed by atoms with Crippen molar-refractivity contribution in [2.24, 2.45) is 5.73 Å². The maximum Gasteiger partial charge on any atom is 0.247 e. The van der Waals surface area contributed by atoms with Crippen LogP contribution in [0.4, 0.5) is 18.9 Å². The highest BCUT2D eigenvalue weighted by atomic mass is 32.2. The van der Waals surface area contributed by atoms with Crippen LogP contribution in [0.25, 0.3) is 0 Å². The van der Waals surface area contributed by atoms with Crippen molar-refractivity contribution in [2.75, 3.05) is 17.6 Å². The van der Waals surface area contributed by atoms with E-state index in [9.17, 15) is 18.0 Å². The Morgan fingerprint density at radius 2 is 2.18 bits per heavy atom. The van der Waals surface area contributed by atoms with Gasteiger partial charge in [0.2, 0.25) is 12.3 Å². The van der Waals surface area contributed by atoms with Gasteiger partial charge >= 0.3 is 0 Å². The Morgan fingerprint density at radius 3 is 2.76 bits per heavy atom. The van der Waals surface area contributed by atoms with Crippen molar-refractivity contribution in [1.29, 1.82) is 0 Å². The largest absolute Gasteiger partial charge is 0.324 e. The third kappa shape index (κ3) is 4.66. The number of nitrogens with two attached hydrogens (primary N) is 1. The van der Waals surface area contributed by atoms with E-state index in [-0.39, 0.29) is 12.2 Å². The van der Waals surface area contributed by atoms with Crippen LogP contribution in [0.1, 0.15) is 0 Å². The molecule has 7 heteroatoms. The second-order valence-electron chi connectivity index (χ2n) is 3.09. The molecule has 0 aliphatic carbocycles. The summed E-state index contributed by atoms with van der Waals surface area (Å²) < 4.78 is 37.1. The topological polar surface area (TPSA) is 55.1 Å². The highest BCUT2D eigenvalue weighted by Crippen LogP contribution is 2.29. The minimum Gasteiger partial charge on any atom is -0.324 e. The van der Waals surface area contributed by atoms with Crippen LogP contribution in [0, 0.1) is 5.82 Å². The Morgan fingerprint density at radius 1 is 1.47 bits per heavy atom. The van der Waals surface area contributed by atoms with Gasteiger partial charge in [0, 0.05) is 4.90 Å². The molecule has 3 nitrogen and oxygen atoms in total. The number of carbonyl (C=O) groups is 1. The van der Waals surface area contributed by atoms with Gasteiger partial charge < -0.3 is 11.1 Å². The lowest BCUT2D eigenvalue weighted by Gasteiger charge is -2.10. The summed E-state index contributed by atoms with van der Waals surface area (Å²) in [6, 6.07) is 3.56. The van der Waals surface area contributed by atoms with Crippen molar-refractivity contribution in [3.05, 3.63) is 24.0 Å². The molecule has 1 aromatic carbocycles. The normalized spacial score (nSPS) is 10.6. The molecule has 0 aliphatic rings. The third-order valence-electron chi connectivity index (χ3n) is 1.77. The molecule has 0 aromatic heterocycles. The van der Waals surface area contributed by atoms with Crippen LogP contribution >= 0.6 is 11.8 Å². The molecule has 0 aliphatic heterocycles. The number of carbonyl (C=O) groups excluding carboxylic acids is 1. The first-order valence-corrected chi connectivity index (χ1v) is 5.72. The van der Waals surface area contributed by atoms with E-state index in [0.29, 0.717) is 4.90 Å². The molecule has 3 N–H and O–H groups in total. The van der Waals surface area contributed by atoms with Gasteiger partial charge in [-0.05, 0) is 18.2 Å². The van der Waals surface area contributed by atoms with E-state index in [1.54, 1.807) is 0 Å². The zero-order valence-electron chi connectivity index (χ0n) is 8.75. The van der Waals surface area contributed by atoms with E-state index in [0.717, 1.165) is 23.9 Å². The van der Waals surface area contributed by atoms with Crippen LogP contribution in [0.3, 0.4) is 0 Å². The van der Waals surface area contributed by atoms with Gasteiger partial charge in [0.25, 0.3) is 0 Å². The Hall–Kier alpha value is -1.21. The molecule has 0 bridgehead atoms. The van der Waals surface area contributed by atoms with Crippen LogP contribution in [0.15, 0.2) is 23.1 Å². The number of hydrogen-bond acceptors (Lipinski definition) is 3. The number of rotatable bonds is 5. The summed E-state index contributed by atoms with van der Waals surface area (Å²) in [5.41, 5.74) is 5.26. The van der Waals surface area contributed by atoms with Crippen LogP contribution in [-0.2, 0) is 4.79 Å². The molecule has 1 amide bonds. The van der Waals surface area contributed by atoms with Crippen molar-refractivity contribution in [2.45, 2.75) is 11.3 Å². The van der Waals surface area contributed by atoms with Gasteiger partial charge in [0.05, 0.1) is 18.0 Å². The molecule has 0 radical (unpaired) electrons.